The van der Waals surface area contributed by atoms with Crippen LogP contribution in [-0.4, -0.2) is 17.9 Å². The van der Waals surface area contributed by atoms with Gasteiger partial charge in [0, 0.05) is 10.4 Å². The lowest BCUT2D eigenvalue weighted by Crippen LogP contribution is -2.34. The molecule has 1 aliphatic carbocycles. The Kier molecular flexibility index (Phi) is 6.84. The number of primary amides is 1. The van der Waals surface area contributed by atoms with Gasteiger partial charge in [0.05, 0.1) is 10.9 Å². The number of nitrogens with one attached hydrogen (secondary N) is 1. The standard InChI is InChI=1S/C29H28N2O5S/c1-3-20(28(34)31-29-23(27(30)33)19-9-5-7-11-22(19)37-29)35-26-24(32)18-8-4-6-10-21(18)36-25(26)17-14-12-16(2)13-15-17/h4,6,8,10,12-15,20H,3,5,7,9,11H2,1-2H3,(H2,30,33)(H,31,34). The van der Waals surface area contributed by atoms with E-state index in [4.69, 9.17) is 14.9 Å². The third-order valence-electron chi connectivity index (χ3n) is 6.65. The van der Waals surface area contributed by atoms with Gasteiger partial charge in [0.15, 0.2) is 11.9 Å². The van der Waals surface area contributed by atoms with Gasteiger partial charge >= 0.3 is 0 Å². The summed E-state index contributed by atoms with van der Waals surface area (Å²) in [5.41, 5.74) is 8.81. The first-order chi connectivity index (χ1) is 17.9. The van der Waals surface area contributed by atoms with Crippen LogP contribution in [0, 0.1) is 6.92 Å². The molecule has 8 heteroatoms. The lowest BCUT2D eigenvalue weighted by atomic mass is 9.95. The average molecular weight is 517 g/mol. The third kappa shape index (κ3) is 4.76. The van der Waals surface area contributed by atoms with Crippen LogP contribution >= 0.6 is 11.3 Å². The van der Waals surface area contributed by atoms with Crippen LogP contribution < -0.4 is 21.2 Å². The van der Waals surface area contributed by atoms with Crippen LogP contribution in [0.4, 0.5) is 5.00 Å². The molecule has 0 fully saturated rings. The Balaban J connectivity index is 1.52. The number of benzene rings is 2. The highest BCUT2D eigenvalue weighted by atomic mass is 32.1. The Morgan fingerprint density at radius 2 is 1.84 bits per heavy atom. The maximum absolute atomic E-state index is 13.5. The third-order valence-corrected chi connectivity index (χ3v) is 7.85. The normalized spacial score (nSPS) is 13.7. The van der Waals surface area contributed by atoms with Crippen LogP contribution in [0.2, 0.25) is 0 Å². The fraction of sp³-hybridized carbons (Fsp3) is 0.276. The number of rotatable bonds is 7. The van der Waals surface area contributed by atoms with Gasteiger partial charge in [0.25, 0.3) is 11.8 Å². The van der Waals surface area contributed by atoms with Crippen molar-refractivity contribution in [2.45, 2.75) is 52.1 Å². The van der Waals surface area contributed by atoms with E-state index in [1.54, 1.807) is 31.2 Å². The SMILES string of the molecule is CCC(Oc1c(-c2ccc(C)cc2)oc2ccccc2c1=O)C(=O)Nc1sc2c(c1C(N)=O)CCCC2. The minimum absolute atomic E-state index is 0.0230. The Morgan fingerprint density at radius 1 is 1.11 bits per heavy atom. The van der Waals surface area contributed by atoms with Gasteiger partial charge in [-0.3, -0.25) is 14.4 Å². The van der Waals surface area contributed by atoms with Crippen LogP contribution in [0.5, 0.6) is 5.75 Å². The number of fused-ring (bicyclic) bond motifs is 2. The average Bonchev–Trinajstić information content (AvgIpc) is 3.26. The summed E-state index contributed by atoms with van der Waals surface area (Å²) in [6, 6.07) is 14.5. The number of anilines is 1. The molecular weight excluding hydrogens is 488 g/mol. The Labute approximate surface area is 218 Å². The highest BCUT2D eigenvalue weighted by molar-refractivity contribution is 7.17. The van der Waals surface area contributed by atoms with Gasteiger partial charge in [-0.1, -0.05) is 48.9 Å². The molecule has 190 valence electrons. The lowest BCUT2D eigenvalue weighted by molar-refractivity contribution is -0.122. The van der Waals surface area contributed by atoms with Crippen LogP contribution in [0.1, 0.15) is 52.5 Å². The maximum Gasteiger partial charge on any atom is 0.266 e. The van der Waals surface area contributed by atoms with E-state index in [9.17, 15) is 14.4 Å². The Bertz CT molecular complexity index is 1550. The summed E-state index contributed by atoms with van der Waals surface area (Å²) < 4.78 is 12.3. The Morgan fingerprint density at radius 3 is 2.57 bits per heavy atom. The summed E-state index contributed by atoms with van der Waals surface area (Å²) >= 11 is 1.39. The van der Waals surface area contributed by atoms with Crippen molar-refractivity contribution in [3.05, 3.63) is 80.3 Å². The highest BCUT2D eigenvalue weighted by Crippen LogP contribution is 2.38. The fourth-order valence-corrected chi connectivity index (χ4v) is 6.00. The van der Waals surface area contributed by atoms with Gasteiger partial charge in [-0.15, -0.1) is 11.3 Å². The number of nitrogens with two attached hydrogens (primary N) is 1. The van der Waals surface area contributed by atoms with Crippen molar-refractivity contribution in [3.8, 4) is 17.1 Å². The molecule has 0 radical (unpaired) electrons. The van der Waals surface area contributed by atoms with Crippen molar-refractivity contribution < 1.29 is 18.7 Å². The zero-order chi connectivity index (χ0) is 26.1. The summed E-state index contributed by atoms with van der Waals surface area (Å²) in [5.74, 6) is -0.768. The second kappa shape index (κ2) is 10.2. The zero-order valence-electron chi connectivity index (χ0n) is 20.8. The molecule has 3 N–H and O–H groups in total. The monoisotopic (exact) mass is 516 g/mol. The highest BCUT2D eigenvalue weighted by Gasteiger charge is 2.29. The molecule has 0 aliphatic heterocycles. The lowest BCUT2D eigenvalue weighted by Gasteiger charge is -2.19. The minimum Gasteiger partial charge on any atom is -0.473 e. The molecule has 1 atom stereocenters. The van der Waals surface area contributed by atoms with E-state index in [0.717, 1.165) is 41.7 Å². The van der Waals surface area contributed by atoms with Gasteiger partial charge in [-0.05, 0) is 56.7 Å². The molecule has 0 spiro atoms. The summed E-state index contributed by atoms with van der Waals surface area (Å²) in [7, 11) is 0. The van der Waals surface area contributed by atoms with Gasteiger partial charge in [-0.25, -0.2) is 0 Å². The first kappa shape index (κ1) is 24.8. The second-order valence-electron chi connectivity index (χ2n) is 9.23. The quantitative estimate of drug-likeness (QED) is 0.332. The van der Waals surface area contributed by atoms with E-state index in [-0.39, 0.29) is 16.9 Å². The molecule has 2 heterocycles. The number of hydrogen-bond donors (Lipinski definition) is 2. The molecular formula is C29H28N2O5S. The molecule has 37 heavy (non-hydrogen) atoms. The molecule has 2 amide bonds. The summed E-state index contributed by atoms with van der Waals surface area (Å²) in [6.07, 6.45) is 2.96. The number of amides is 2. The number of ether oxygens (including phenoxy) is 1. The number of carbonyl (C=O) groups is 2. The van der Waals surface area contributed by atoms with Crippen LogP contribution in [-0.2, 0) is 17.6 Å². The van der Waals surface area contributed by atoms with Crippen molar-refractivity contribution >= 4 is 39.1 Å². The summed E-state index contributed by atoms with van der Waals surface area (Å²) in [5, 5.41) is 3.67. The molecule has 0 bridgehead atoms. The largest absolute Gasteiger partial charge is 0.473 e. The topological polar surface area (TPSA) is 112 Å². The fourth-order valence-electron chi connectivity index (χ4n) is 4.70. The summed E-state index contributed by atoms with van der Waals surface area (Å²) in [6.45, 7) is 3.77. The summed E-state index contributed by atoms with van der Waals surface area (Å²) in [4.78, 5) is 40.2. The number of thiophene rings is 1. The van der Waals surface area contributed by atoms with E-state index < -0.39 is 17.9 Å². The molecule has 5 rings (SSSR count). The minimum atomic E-state index is -0.992. The molecule has 0 saturated carbocycles. The first-order valence-corrected chi connectivity index (χ1v) is 13.2. The number of aryl methyl sites for hydroxylation is 2. The molecule has 2 aromatic heterocycles. The van der Waals surface area contributed by atoms with Crippen molar-refractivity contribution in [2.75, 3.05) is 5.32 Å². The van der Waals surface area contributed by atoms with Crippen molar-refractivity contribution in [1.29, 1.82) is 0 Å². The molecule has 1 aliphatic rings. The predicted molar refractivity (Wildman–Crippen MR) is 145 cm³/mol. The zero-order valence-corrected chi connectivity index (χ0v) is 21.6. The number of para-hydroxylation sites is 1. The molecule has 0 saturated heterocycles. The van der Waals surface area contributed by atoms with Gasteiger partial charge in [-0.2, -0.15) is 0 Å². The van der Waals surface area contributed by atoms with Crippen molar-refractivity contribution in [2.24, 2.45) is 5.73 Å². The van der Waals surface area contributed by atoms with E-state index in [1.807, 2.05) is 31.2 Å². The van der Waals surface area contributed by atoms with Crippen LogP contribution in [0.25, 0.3) is 22.3 Å². The number of carbonyl (C=O) groups excluding carboxylic acids is 2. The van der Waals surface area contributed by atoms with E-state index in [2.05, 4.69) is 5.32 Å². The van der Waals surface area contributed by atoms with Crippen molar-refractivity contribution in [3.63, 3.8) is 0 Å². The molecule has 1 unspecified atom stereocenters. The van der Waals surface area contributed by atoms with Crippen LogP contribution in [0.3, 0.4) is 0 Å². The van der Waals surface area contributed by atoms with Crippen LogP contribution in [0.15, 0.2) is 57.7 Å². The van der Waals surface area contributed by atoms with Gasteiger partial charge < -0.3 is 20.2 Å². The molecule has 4 aromatic rings. The van der Waals surface area contributed by atoms with Gasteiger partial charge in [0.1, 0.15) is 10.6 Å². The molecule has 7 nitrogen and oxygen atoms in total. The van der Waals surface area contributed by atoms with E-state index in [0.29, 0.717) is 33.5 Å². The maximum atomic E-state index is 13.5. The first-order valence-electron chi connectivity index (χ1n) is 12.4. The number of hydrogen-bond acceptors (Lipinski definition) is 6. The van der Waals surface area contributed by atoms with Crippen molar-refractivity contribution in [1.82, 2.24) is 0 Å². The van der Waals surface area contributed by atoms with E-state index >= 15 is 0 Å². The Hall–Kier alpha value is -3.91. The second-order valence-corrected chi connectivity index (χ2v) is 10.3. The smallest absolute Gasteiger partial charge is 0.266 e. The van der Waals surface area contributed by atoms with Gasteiger partial charge in [0.2, 0.25) is 11.2 Å². The molecule has 2 aromatic carbocycles. The van der Waals surface area contributed by atoms with E-state index in [1.165, 1.54) is 11.3 Å². The predicted octanol–water partition coefficient (Wildman–Crippen LogP) is 5.60.